The largest absolute Gasteiger partial charge is 0.352 e. The number of amides is 2. The van der Waals surface area contributed by atoms with Crippen molar-refractivity contribution in [2.24, 2.45) is 5.92 Å². The van der Waals surface area contributed by atoms with Gasteiger partial charge in [0.15, 0.2) is 0 Å². The summed E-state index contributed by atoms with van der Waals surface area (Å²) in [5, 5.41) is 3.34. The maximum absolute atomic E-state index is 13.7. The minimum Gasteiger partial charge on any atom is -0.352 e. The van der Waals surface area contributed by atoms with E-state index in [1.54, 1.807) is 12.1 Å². The molecule has 0 unspecified atom stereocenters. The van der Waals surface area contributed by atoms with E-state index in [1.165, 1.54) is 11.8 Å². The number of hydrogen-bond donors (Lipinski definition) is 1. The Balaban J connectivity index is 1.54. The van der Waals surface area contributed by atoms with Gasteiger partial charge in [0.05, 0.1) is 28.2 Å². The molecule has 0 aliphatic carbocycles. The summed E-state index contributed by atoms with van der Waals surface area (Å²) in [5.74, 6) is -0.750. The molecule has 0 radical (unpaired) electrons. The molecule has 3 aromatic carbocycles. The molecule has 1 aliphatic heterocycles. The van der Waals surface area contributed by atoms with Gasteiger partial charge in [0.25, 0.3) is 0 Å². The molecule has 34 heavy (non-hydrogen) atoms. The molecular formula is C27H26Cl2N2O2S. The van der Waals surface area contributed by atoms with Crippen molar-refractivity contribution in [2.75, 3.05) is 4.90 Å². The van der Waals surface area contributed by atoms with Crippen molar-refractivity contribution in [3.8, 4) is 0 Å². The zero-order chi connectivity index (χ0) is 24.4. The van der Waals surface area contributed by atoms with Crippen LogP contribution in [0, 0.1) is 19.8 Å². The fourth-order valence-corrected chi connectivity index (χ4v) is 5.60. The van der Waals surface area contributed by atoms with Crippen LogP contribution in [0.15, 0.2) is 65.6 Å². The molecule has 4 nitrogen and oxygen atoms in total. The number of rotatable bonds is 6. The number of carbonyl (C=O) groups excluding carboxylic acids is 2. The number of nitrogens with zero attached hydrogens (tertiary/aromatic N) is 1. The van der Waals surface area contributed by atoms with Gasteiger partial charge in [-0.2, -0.15) is 0 Å². The Labute approximate surface area is 214 Å². The first-order valence-corrected chi connectivity index (χ1v) is 12.7. The first-order chi connectivity index (χ1) is 16.2. The number of anilines is 1. The quantitative estimate of drug-likeness (QED) is 0.406. The van der Waals surface area contributed by atoms with Crippen LogP contribution in [-0.4, -0.2) is 17.1 Å². The van der Waals surface area contributed by atoms with E-state index in [1.807, 2.05) is 49.1 Å². The molecule has 1 heterocycles. The Kier molecular flexibility index (Phi) is 7.56. The van der Waals surface area contributed by atoms with Crippen LogP contribution in [0.1, 0.15) is 29.2 Å². The van der Waals surface area contributed by atoms with Crippen molar-refractivity contribution in [3.05, 3.63) is 93.0 Å². The third kappa shape index (κ3) is 5.27. The molecule has 0 spiro atoms. The number of thioether (sulfide) groups is 1. The predicted molar refractivity (Wildman–Crippen MR) is 141 cm³/mol. The lowest BCUT2D eigenvalue weighted by molar-refractivity contribution is -0.128. The van der Waals surface area contributed by atoms with Crippen molar-refractivity contribution in [1.82, 2.24) is 5.32 Å². The van der Waals surface area contributed by atoms with Gasteiger partial charge in [-0.25, -0.2) is 0 Å². The lowest BCUT2D eigenvalue weighted by atomic mass is 10.0. The van der Waals surface area contributed by atoms with Crippen LogP contribution in [-0.2, 0) is 22.7 Å². The van der Waals surface area contributed by atoms with Gasteiger partial charge >= 0.3 is 0 Å². The zero-order valence-electron chi connectivity index (χ0n) is 19.3. The first-order valence-electron chi connectivity index (χ1n) is 11.1. The van der Waals surface area contributed by atoms with E-state index in [2.05, 4.69) is 30.4 Å². The van der Waals surface area contributed by atoms with Crippen LogP contribution >= 0.6 is 35.0 Å². The minimum atomic E-state index is -0.520. The molecule has 0 bridgehead atoms. The maximum atomic E-state index is 13.7. The molecule has 1 aliphatic rings. The molecule has 0 saturated carbocycles. The van der Waals surface area contributed by atoms with Crippen molar-refractivity contribution in [2.45, 2.75) is 44.0 Å². The van der Waals surface area contributed by atoms with Crippen LogP contribution < -0.4 is 10.2 Å². The minimum absolute atomic E-state index is 0.0539. The normalized spacial score (nSPS) is 16.2. The average Bonchev–Trinajstić information content (AvgIpc) is 2.83. The number of fused-ring (bicyclic) bond motifs is 1. The molecule has 3 aromatic rings. The van der Waals surface area contributed by atoms with Crippen molar-refractivity contribution >= 4 is 52.5 Å². The van der Waals surface area contributed by atoms with E-state index in [0.29, 0.717) is 23.1 Å². The molecule has 4 rings (SSSR count). The molecule has 2 atom stereocenters. The highest BCUT2D eigenvalue weighted by Gasteiger charge is 2.39. The van der Waals surface area contributed by atoms with Gasteiger partial charge in [0, 0.05) is 11.4 Å². The Morgan fingerprint density at radius 1 is 1.06 bits per heavy atom. The Bertz CT molecular complexity index is 1250. The van der Waals surface area contributed by atoms with Gasteiger partial charge in [0.1, 0.15) is 5.25 Å². The van der Waals surface area contributed by atoms with Gasteiger partial charge in [-0.3, -0.25) is 9.59 Å². The van der Waals surface area contributed by atoms with Crippen LogP contribution in [0.25, 0.3) is 0 Å². The van der Waals surface area contributed by atoms with Gasteiger partial charge in [-0.1, -0.05) is 72.1 Å². The second kappa shape index (κ2) is 10.4. The number of para-hydroxylation sites is 1. The number of benzene rings is 3. The maximum Gasteiger partial charge on any atom is 0.241 e. The van der Waals surface area contributed by atoms with Gasteiger partial charge in [-0.15, -0.1) is 11.8 Å². The van der Waals surface area contributed by atoms with Gasteiger partial charge < -0.3 is 10.2 Å². The highest BCUT2D eigenvalue weighted by molar-refractivity contribution is 8.01. The Morgan fingerprint density at radius 3 is 2.59 bits per heavy atom. The molecule has 0 aromatic heterocycles. The number of nitrogens with one attached hydrogen (secondary N) is 1. The summed E-state index contributed by atoms with van der Waals surface area (Å²) >= 11 is 13.5. The number of aryl methyl sites for hydroxylation is 2. The third-order valence-electron chi connectivity index (χ3n) is 6.07. The number of hydrogen-bond acceptors (Lipinski definition) is 3. The molecule has 2 amide bonds. The van der Waals surface area contributed by atoms with E-state index >= 15 is 0 Å². The predicted octanol–water partition coefficient (Wildman–Crippen LogP) is 6.57. The molecule has 1 N–H and O–H groups in total. The fraction of sp³-hybridized carbons (Fsp3) is 0.259. The zero-order valence-corrected chi connectivity index (χ0v) is 21.6. The number of carbonyl (C=O) groups is 2. The van der Waals surface area contributed by atoms with Crippen molar-refractivity contribution in [1.29, 1.82) is 0 Å². The fourth-order valence-electron chi connectivity index (χ4n) is 4.00. The summed E-state index contributed by atoms with van der Waals surface area (Å²) in [6.45, 7) is 6.70. The van der Waals surface area contributed by atoms with Crippen LogP contribution in [0.4, 0.5) is 5.69 Å². The van der Waals surface area contributed by atoms with Crippen LogP contribution in [0.5, 0.6) is 0 Å². The van der Waals surface area contributed by atoms with Crippen LogP contribution in [0.2, 0.25) is 10.0 Å². The monoisotopic (exact) mass is 512 g/mol. The van der Waals surface area contributed by atoms with E-state index in [9.17, 15) is 9.59 Å². The number of halogens is 2. The summed E-state index contributed by atoms with van der Waals surface area (Å²) in [7, 11) is 0. The highest BCUT2D eigenvalue weighted by Crippen LogP contribution is 2.42. The second-order valence-corrected chi connectivity index (χ2v) is 10.6. The molecule has 7 heteroatoms. The van der Waals surface area contributed by atoms with Crippen LogP contribution in [0.3, 0.4) is 0 Å². The smallest absolute Gasteiger partial charge is 0.241 e. The lowest BCUT2D eigenvalue weighted by Crippen LogP contribution is -2.47. The SMILES string of the molecule is Cc1ccc(C)c(CN2C(=O)[C@@H]([C@@H](C)C(=O)NCc3ccc(Cl)c(Cl)c3)Sc3ccccc32)c1. The van der Waals surface area contributed by atoms with Crippen molar-refractivity contribution in [3.63, 3.8) is 0 Å². The van der Waals surface area contributed by atoms with Gasteiger partial charge in [-0.05, 0) is 54.8 Å². The standard InChI is InChI=1S/C27H26Cl2N2O2S/c1-16-8-9-17(2)20(12-16)15-31-23-6-4-5-7-24(23)34-25(27(31)33)18(3)26(32)30-14-19-10-11-21(28)22(29)13-19/h4-13,18,25H,14-15H2,1-3H3,(H,30,32)/t18-,25-/m1/s1. The summed E-state index contributed by atoms with van der Waals surface area (Å²) < 4.78 is 0. The van der Waals surface area contributed by atoms with E-state index in [-0.39, 0.29) is 11.8 Å². The summed E-state index contributed by atoms with van der Waals surface area (Å²) in [4.78, 5) is 29.5. The topological polar surface area (TPSA) is 49.4 Å². The molecule has 176 valence electrons. The Morgan fingerprint density at radius 2 is 1.82 bits per heavy atom. The van der Waals surface area contributed by atoms with Gasteiger partial charge in [0.2, 0.25) is 11.8 Å². The third-order valence-corrected chi connectivity index (χ3v) is 8.27. The van der Waals surface area contributed by atoms with Crippen molar-refractivity contribution < 1.29 is 9.59 Å². The summed E-state index contributed by atoms with van der Waals surface area (Å²) in [6.07, 6.45) is 0. The summed E-state index contributed by atoms with van der Waals surface area (Å²) in [5.41, 5.74) is 5.13. The highest BCUT2D eigenvalue weighted by atomic mass is 35.5. The van der Waals surface area contributed by atoms with E-state index in [0.717, 1.165) is 32.8 Å². The molecule has 0 fully saturated rings. The summed E-state index contributed by atoms with van der Waals surface area (Å²) in [6, 6.07) is 19.4. The Hall–Kier alpha value is -2.47. The molecular weight excluding hydrogens is 487 g/mol. The second-order valence-electron chi connectivity index (χ2n) is 8.62. The lowest BCUT2D eigenvalue weighted by Gasteiger charge is -2.36. The van der Waals surface area contributed by atoms with E-state index in [4.69, 9.17) is 23.2 Å². The molecule has 0 saturated heterocycles. The first kappa shape index (κ1) is 24.6. The van der Waals surface area contributed by atoms with E-state index < -0.39 is 11.2 Å². The average molecular weight is 513 g/mol.